The largest absolute Gasteiger partial charge is 0.326 e. The van der Waals surface area contributed by atoms with E-state index in [0.29, 0.717) is 5.69 Å². The molecule has 4 N–H and O–H groups in total. The average molecular weight is 304 g/mol. The molecule has 1 rings (SSSR count). The predicted molar refractivity (Wildman–Crippen MR) is 79.4 cm³/mol. The highest BCUT2D eigenvalue weighted by Crippen LogP contribution is 2.20. The average Bonchev–Trinajstić information content (AvgIpc) is 2.31. The molecule has 0 heterocycles. The molecule has 1 aromatic rings. The standard InChI is InChI=1S/C13H18FN3O2.ClH/c1-7(2)12(15)13(19)17-11-6-9(16-8(3)18)4-5-10(11)14;/h4-7,12H,15H2,1-3H3,(H,16,18)(H,17,19);1H. The predicted octanol–water partition coefficient (Wildman–Crippen LogP) is 2.13. The summed E-state index contributed by atoms with van der Waals surface area (Å²) in [6.07, 6.45) is 0. The molecule has 0 saturated carbocycles. The zero-order valence-electron chi connectivity index (χ0n) is 11.6. The lowest BCUT2D eigenvalue weighted by Gasteiger charge is -2.16. The number of nitrogens with two attached hydrogens (primary N) is 1. The molecule has 0 bridgehead atoms. The Morgan fingerprint density at radius 3 is 2.35 bits per heavy atom. The lowest BCUT2D eigenvalue weighted by Crippen LogP contribution is -2.39. The van der Waals surface area contributed by atoms with Crippen LogP contribution in [0.1, 0.15) is 20.8 Å². The Bertz CT molecular complexity index is 495. The topological polar surface area (TPSA) is 84.2 Å². The second-order valence-electron chi connectivity index (χ2n) is 4.63. The van der Waals surface area contributed by atoms with E-state index < -0.39 is 17.8 Å². The van der Waals surface area contributed by atoms with Gasteiger partial charge in [-0.2, -0.15) is 0 Å². The molecule has 1 aromatic carbocycles. The maximum absolute atomic E-state index is 13.6. The van der Waals surface area contributed by atoms with E-state index >= 15 is 0 Å². The van der Waals surface area contributed by atoms with Crippen molar-refractivity contribution in [1.82, 2.24) is 0 Å². The highest BCUT2D eigenvalue weighted by atomic mass is 35.5. The first-order valence-corrected chi connectivity index (χ1v) is 5.95. The molecule has 0 aliphatic rings. The molecular formula is C13H19ClFN3O2. The minimum atomic E-state index is -0.719. The van der Waals surface area contributed by atoms with E-state index in [1.165, 1.54) is 25.1 Å². The van der Waals surface area contributed by atoms with E-state index in [1.807, 2.05) is 0 Å². The SMILES string of the molecule is CC(=O)Nc1ccc(F)c(NC(=O)C(N)C(C)C)c1.Cl. The van der Waals surface area contributed by atoms with E-state index in [4.69, 9.17) is 5.73 Å². The first kappa shape index (κ1) is 18.3. The summed E-state index contributed by atoms with van der Waals surface area (Å²) < 4.78 is 13.6. The summed E-state index contributed by atoms with van der Waals surface area (Å²) in [6.45, 7) is 4.94. The Hall–Kier alpha value is -1.66. The van der Waals surface area contributed by atoms with Crippen LogP contribution < -0.4 is 16.4 Å². The van der Waals surface area contributed by atoms with Crippen LogP contribution >= 0.6 is 12.4 Å². The van der Waals surface area contributed by atoms with Crippen molar-refractivity contribution in [2.24, 2.45) is 11.7 Å². The van der Waals surface area contributed by atoms with E-state index in [0.717, 1.165) is 0 Å². The number of amides is 2. The van der Waals surface area contributed by atoms with Gasteiger partial charge < -0.3 is 16.4 Å². The molecule has 20 heavy (non-hydrogen) atoms. The summed E-state index contributed by atoms with van der Waals surface area (Å²) in [7, 11) is 0. The molecule has 0 saturated heterocycles. The van der Waals surface area contributed by atoms with Crippen molar-refractivity contribution in [3.63, 3.8) is 0 Å². The van der Waals surface area contributed by atoms with Crippen LogP contribution in [0, 0.1) is 11.7 Å². The van der Waals surface area contributed by atoms with Gasteiger partial charge in [-0.05, 0) is 24.1 Å². The zero-order chi connectivity index (χ0) is 14.6. The Morgan fingerprint density at radius 1 is 1.25 bits per heavy atom. The number of hydrogen-bond donors (Lipinski definition) is 3. The van der Waals surface area contributed by atoms with Gasteiger partial charge in [-0.1, -0.05) is 13.8 Å². The second kappa shape index (κ2) is 7.81. The smallest absolute Gasteiger partial charge is 0.241 e. The van der Waals surface area contributed by atoms with Gasteiger partial charge in [-0.25, -0.2) is 4.39 Å². The molecule has 0 radical (unpaired) electrons. The summed E-state index contributed by atoms with van der Waals surface area (Å²) in [6, 6.07) is 3.21. The van der Waals surface area contributed by atoms with Crippen LogP contribution in [0.25, 0.3) is 0 Å². The number of carbonyl (C=O) groups excluding carboxylic acids is 2. The molecular weight excluding hydrogens is 285 g/mol. The van der Waals surface area contributed by atoms with Gasteiger partial charge in [0.2, 0.25) is 11.8 Å². The Morgan fingerprint density at radius 2 is 1.85 bits per heavy atom. The van der Waals surface area contributed by atoms with Crippen molar-refractivity contribution in [1.29, 1.82) is 0 Å². The third kappa shape index (κ3) is 5.14. The van der Waals surface area contributed by atoms with Gasteiger partial charge in [-0.3, -0.25) is 9.59 Å². The van der Waals surface area contributed by atoms with Crippen LogP contribution in [0.4, 0.5) is 15.8 Å². The van der Waals surface area contributed by atoms with Crippen LogP contribution in [0.3, 0.4) is 0 Å². The number of hydrogen-bond acceptors (Lipinski definition) is 3. The summed E-state index contributed by atoms with van der Waals surface area (Å²) in [4.78, 5) is 22.7. The fourth-order valence-electron chi connectivity index (χ4n) is 1.42. The van der Waals surface area contributed by atoms with Crippen molar-refractivity contribution in [2.45, 2.75) is 26.8 Å². The number of anilines is 2. The Balaban J connectivity index is 0.00000361. The molecule has 1 atom stereocenters. The summed E-state index contributed by atoms with van der Waals surface area (Å²) in [5.74, 6) is -1.38. The maximum Gasteiger partial charge on any atom is 0.241 e. The minimum absolute atomic E-state index is 0. The Kier molecular flexibility index (Phi) is 7.17. The number of nitrogens with one attached hydrogen (secondary N) is 2. The van der Waals surface area contributed by atoms with Gasteiger partial charge >= 0.3 is 0 Å². The van der Waals surface area contributed by atoms with E-state index in [9.17, 15) is 14.0 Å². The summed E-state index contributed by atoms with van der Waals surface area (Å²) in [5.41, 5.74) is 6.07. The lowest BCUT2D eigenvalue weighted by molar-refractivity contribution is -0.118. The molecule has 0 aliphatic heterocycles. The van der Waals surface area contributed by atoms with Crippen molar-refractivity contribution in [2.75, 3.05) is 10.6 Å². The van der Waals surface area contributed by atoms with Crippen molar-refractivity contribution in [3.05, 3.63) is 24.0 Å². The van der Waals surface area contributed by atoms with Gasteiger partial charge in [0.15, 0.2) is 0 Å². The molecule has 0 aromatic heterocycles. The first-order valence-electron chi connectivity index (χ1n) is 5.95. The van der Waals surface area contributed by atoms with Crippen LogP contribution in [-0.2, 0) is 9.59 Å². The number of halogens is 2. The number of carbonyl (C=O) groups is 2. The maximum atomic E-state index is 13.6. The van der Waals surface area contributed by atoms with Gasteiger partial charge in [0.1, 0.15) is 5.82 Å². The van der Waals surface area contributed by atoms with E-state index in [1.54, 1.807) is 13.8 Å². The molecule has 0 fully saturated rings. The monoisotopic (exact) mass is 303 g/mol. The normalized spacial score (nSPS) is 11.5. The van der Waals surface area contributed by atoms with Crippen LogP contribution in [-0.4, -0.2) is 17.9 Å². The fraction of sp³-hybridized carbons (Fsp3) is 0.385. The van der Waals surface area contributed by atoms with Crippen LogP contribution in [0.15, 0.2) is 18.2 Å². The van der Waals surface area contributed by atoms with Crippen LogP contribution in [0.2, 0.25) is 0 Å². The van der Waals surface area contributed by atoms with Crippen molar-refractivity contribution >= 4 is 35.6 Å². The summed E-state index contributed by atoms with van der Waals surface area (Å²) >= 11 is 0. The van der Waals surface area contributed by atoms with Gasteiger partial charge in [0.05, 0.1) is 11.7 Å². The number of rotatable bonds is 4. The van der Waals surface area contributed by atoms with Crippen LogP contribution in [0.5, 0.6) is 0 Å². The third-order valence-electron chi connectivity index (χ3n) is 2.57. The Labute approximate surface area is 123 Å². The van der Waals surface area contributed by atoms with Gasteiger partial charge in [0, 0.05) is 12.6 Å². The molecule has 5 nitrogen and oxygen atoms in total. The summed E-state index contributed by atoms with van der Waals surface area (Å²) in [5, 5.41) is 4.92. The number of benzene rings is 1. The molecule has 1 unspecified atom stereocenters. The molecule has 0 spiro atoms. The second-order valence-corrected chi connectivity index (χ2v) is 4.63. The first-order chi connectivity index (χ1) is 8.81. The minimum Gasteiger partial charge on any atom is -0.326 e. The van der Waals surface area contributed by atoms with Crippen molar-refractivity contribution < 1.29 is 14.0 Å². The van der Waals surface area contributed by atoms with Gasteiger partial charge in [-0.15, -0.1) is 12.4 Å². The van der Waals surface area contributed by atoms with Crippen molar-refractivity contribution in [3.8, 4) is 0 Å². The van der Waals surface area contributed by atoms with Gasteiger partial charge in [0.25, 0.3) is 0 Å². The third-order valence-corrected chi connectivity index (χ3v) is 2.57. The lowest BCUT2D eigenvalue weighted by atomic mass is 10.0. The molecule has 2 amide bonds. The fourth-order valence-corrected chi connectivity index (χ4v) is 1.42. The molecule has 0 aliphatic carbocycles. The highest BCUT2D eigenvalue weighted by molar-refractivity contribution is 5.96. The van der Waals surface area contributed by atoms with E-state index in [2.05, 4.69) is 10.6 Å². The quantitative estimate of drug-likeness (QED) is 0.796. The molecule has 7 heteroatoms. The zero-order valence-corrected chi connectivity index (χ0v) is 12.4. The molecule has 112 valence electrons. The van der Waals surface area contributed by atoms with E-state index in [-0.39, 0.29) is 29.9 Å². The highest BCUT2D eigenvalue weighted by Gasteiger charge is 2.18.